The molecule has 1 amide bonds. The van der Waals surface area contributed by atoms with E-state index in [0.29, 0.717) is 37.3 Å². The van der Waals surface area contributed by atoms with E-state index in [1.807, 2.05) is 58.9 Å². The van der Waals surface area contributed by atoms with Crippen molar-refractivity contribution in [1.82, 2.24) is 10.2 Å². The highest BCUT2D eigenvalue weighted by atomic mass is 16.6. The highest BCUT2D eigenvalue weighted by Crippen LogP contribution is 2.32. The molecule has 0 bridgehead atoms. The molecule has 2 heterocycles. The minimum Gasteiger partial charge on any atom is -0.461 e. The summed E-state index contributed by atoms with van der Waals surface area (Å²) in [4.78, 5) is 26.5. The van der Waals surface area contributed by atoms with E-state index in [0.717, 1.165) is 16.5 Å². The molecular formula is C27H34N4O5. The number of carbonyl (C=O) groups excluding carboxylic acids is 2. The zero-order valence-corrected chi connectivity index (χ0v) is 21.8. The van der Waals surface area contributed by atoms with E-state index in [1.165, 1.54) is 0 Å². The van der Waals surface area contributed by atoms with Gasteiger partial charge in [-0.05, 0) is 66.5 Å². The molecule has 1 aliphatic heterocycles. The van der Waals surface area contributed by atoms with Gasteiger partial charge in [0.15, 0.2) is 11.5 Å². The molecule has 3 rings (SSSR count). The summed E-state index contributed by atoms with van der Waals surface area (Å²) in [5.74, 6) is -0.478. The van der Waals surface area contributed by atoms with Crippen LogP contribution in [-0.2, 0) is 14.3 Å². The number of aryl methyl sites for hydroxylation is 2. The van der Waals surface area contributed by atoms with Gasteiger partial charge in [0.05, 0.1) is 12.3 Å². The van der Waals surface area contributed by atoms with Gasteiger partial charge in [-0.15, -0.1) is 0 Å². The van der Waals surface area contributed by atoms with E-state index in [-0.39, 0.29) is 30.0 Å². The van der Waals surface area contributed by atoms with Crippen molar-refractivity contribution >= 4 is 34.4 Å². The molecule has 1 aromatic carbocycles. The fourth-order valence-electron chi connectivity index (χ4n) is 4.10. The van der Waals surface area contributed by atoms with Gasteiger partial charge in [0.25, 0.3) is 0 Å². The third kappa shape index (κ3) is 6.06. The molecule has 36 heavy (non-hydrogen) atoms. The number of hydrogen-bond donors (Lipinski definition) is 2. The number of nitrogens with zero attached hydrogens (tertiary/aromatic N) is 2. The van der Waals surface area contributed by atoms with Crippen LogP contribution in [0.4, 0.5) is 4.79 Å². The lowest BCUT2D eigenvalue weighted by atomic mass is 10.00. The van der Waals surface area contributed by atoms with E-state index in [9.17, 15) is 14.9 Å². The number of benzene rings is 1. The largest absolute Gasteiger partial charge is 0.461 e. The molecule has 0 saturated carbocycles. The van der Waals surface area contributed by atoms with E-state index in [2.05, 4.69) is 5.32 Å². The lowest BCUT2D eigenvalue weighted by Gasteiger charge is -2.34. The second kappa shape index (κ2) is 10.9. The molecular weight excluding hydrogens is 460 g/mol. The minimum atomic E-state index is -0.877. The summed E-state index contributed by atoms with van der Waals surface area (Å²) in [5, 5.41) is 22.6. The SMILES string of the molecule is CCOC(=O)C(=N)/C(C#N)=C(\NC1CCN(C(=O)OC(C)(C)C)CC1)c1oc2ccc(C)cc2c1C. The van der Waals surface area contributed by atoms with Gasteiger partial charge < -0.3 is 24.1 Å². The van der Waals surface area contributed by atoms with Crippen molar-refractivity contribution in [1.29, 1.82) is 10.7 Å². The number of carbonyl (C=O) groups is 2. The molecule has 1 fully saturated rings. The lowest BCUT2D eigenvalue weighted by Crippen LogP contribution is -2.46. The van der Waals surface area contributed by atoms with Crippen LogP contribution in [0.15, 0.2) is 28.2 Å². The number of likely N-dealkylation sites (tertiary alicyclic amines) is 1. The van der Waals surface area contributed by atoms with Gasteiger partial charge in [-0.2, -0.15) is 5.26 Å². The van der Waals surface area contributed by atoms with E-state index in [1.54, 1.807) is 11.8 Å². The lowest BCUT2D eigenvalue weighted by molar-refractivity contribution is -0.135. The Balaban J connectivity index is 1.95. The Morgan fingerprint density at radius 1 is 1.25 bits per heavy atom. The predicted molar refractivity (Wildman–Crippen MR) is 137 cm³/mol. The molecule has 0 atom stereocenters. The normalized spacial score (nSPS) is 15.2. The maximum Gasteiger partial charge on any atom is 0.410 e. The van der Waals surface area contributed by atoms with Crippen LogP contribution < -0.4 is 5.32 Å². The minimum absolute atomic E-state index is 0.0920. The Labute approximate surface area is 211 Å². The Morgan fingerprint density at radius 3 is 2.50 bits per heavy atom. The molecule has 0 aliphatic carbocycles. The van der Waals surface area contributed by atoms with Gasteiger partial charge in [-0.25, -0.2) is 9.59 Å². The van der Waals surface area contributed by atoms with Gasteiger partial charge in [0, 0.05) is 30.1 Å². The molecule has 0 spiro atoms. The van der Waals surface area contributed by atoms with Crippen LogP contribution >= 0.6 is 0 Å². The number of hydrogen-bond acceptors (Lipinski definition) is 8. The number of amides is 1. The average molecular weight is 495 g/mol. The summed E-state index contributed by atoms with van der Waals surface area (Å²) in [6.07, 6.45) is 0.820. The Bertz CT molecular complexity index is 1240. The summed E-state index contributed by atoms with van der Waals surface area (Å²) in [6, 6.07) is 7.69. The molecule has 1 saturated heterocycles. The fourth-order valence-corrected chi connectivity index (χ4v) is 4.10. The highest BCUT2D eigenvalue weighted by molar-refractivity contribution is 6.44. The molecule has 1 aromatic heterocycles. The first-order valence-electron chi connectivity index (χ1n) is 12.1. The van der Waals surface area contributed by atoms with E-state index >= 15 is 0 Å². The van der Waals surface area contributed by atoms with Gasteiger partial charge in [0.2, 0.25) is 0 Å². The van der Waals surface area contributed by atoms with Crippen LogP contribution in [0.1, 0.15) is 57.4 Å². The second-order valence-corrected chi connectivity index (χ2v) is 9.90. The third-order valence-corrected chi connectivity index (χ3v) is 5.91. The van der Waals surface area contributed by atoms with Crippen LogP contribution in [0.3, 0.4) is 0 Å². The number of esters is 1. The van der Waals surface area contributed by atoms with Crippen molar-refractivity contribution in [2.45, 2.75) is 66.0 Å². The number of furan rings is 1. The van der Waals surface area contributed by atoms with Crippen LogP contribution in [0.2, 0.25) is 0 Å². The molecule has 0 radical (unpaired) electrons. The number of nitriles is 1. The van der Waals surface area contributed by atoms with Gasteiger partial charge in [-0.1, -0.05) is 11.6 Å². The first-order valence-corrected chi connectivity index (χ1v) is 12.1. The Kier molecular flexibility index (Phi) is 8.08. The zero-order valence-electron chi connectivity index (χ0n) is 21.8. The molecule has 9 heteroatoms. The second-order valence-electron chi connectivity index (χ2n) is 9.90. The monoisotopic (exact) mass is 494 g/mol. The standard InChI is InChI=1S/C27H34N4O5/c1-7-34-25(32)22(29)20(15-28)23(24-17(3)19-14-16(2)8-9-21(19)35-24)30-18-10-12-31(13-11-18)26(33)36-27(4,5)6/h8-9,14,18,29-30H,7,10-13H2,1-6H3/b23-20-,29-22?. The van der Waals surface area contributed by atoms with Crippen molar-refractivity contribution in [3.05, 3.63) is 40.7 Å². The van der Waals surface area contributed by atoms with Crippen molar-refractivity contribution in [3.63, 3.8) is 0 Å². The van der Waals surface area contributed by atoms with Gasteiger partial charge in [0.1, 0.15) is 22.8 Å². The van der Waals surface area contributed by atoms with Crippen LogP contribution in [0, 0.1) is 30.6 Å². The van der Waals surface area contributed by atoms with E-state index in [4.69, 9.17) is 19.3 Å². The number of fused-ring (bicyclic) bond motifs is 1. The number of rotatable bonds is 6. The van der Waals surface area contributed by atoms with Crippen molar-refractivity contribution in [2.24, 2.45) is 0 Å². The van der Waals surface area contributed by atoms with Gasteiger partial charge >= 0.3 is 12.1 Å². The maximum absolute atomic E-state index is 12.5. The zero-order chi connectivity index (χ0) is 26.6. The first kappa shape index (κ1) is 26.8. The highest BCUT2D eigenvalue weighted by Gasteiger charge is 2.30. The van der Waals surface area contributed by atoms with Crippen LogP contribution in [0.5, 0.6) is 0 Å². The predicted octanol–water partition coefficient (Wildman–Crippen LogP) is 4.86. The summed E-state index contributed by atoms with van der Waals surface area (Å²) in [5.41, 5.74) is 1.52. The molecule has 2 aromatic rings. The smallest absolute Gasteiger partial charge is 0.410 e. The summed E-state index contributed by atoms with van der Waals surface area (Å²) < 4.78 is 16.6. The van der Waals surface area contributed by atoms with Crippen LogP contribution in [-0.4, -0.2) is 54.0 Å². The van der Waals surface area contributed by atoms with Gasteiger partial charge in [-0.3, -0.25) is 5.41 Å². The average Bonchev–Trinajstić information content (AvgIpc) is 3.13. The number of nitrogens with one attached hydrogen (secondary N) is 2. The Morgan fingerprint density at radius 2 is 1.92 bits per heavy atom. The first-order chi connectivity index (χ1) is 16.9. The van der Waals surface area contributed by atoms with Crippen molar-refractivity contribution in [2.75, 3.05) is 19.7 Å². The number of piperidine rings is 1. The number of ether oxygens (including phenoxy) is 2. The topological polar surface area (TPSA) is 129 Å². The summed E-state index contributed by atoms with van der Waals surface area (Å²) >= 11 is 0. The molecule has 0 unspecified atom stereocenters. The third-order valence-electron chi connectivity index (χ3n) is 5.91. The Hall–Kier alpha value is -3.80. The maximum atomic E-state index is 12.5. The summed E-state index contributed by atoms with van der Waals surface area (Å²) in [6.45, 7) is 12.0. The molecule has 1 aliphatic rings. The fraction of sp³-hybridized carbons (Fsp3) is 0.481. The van der Waals surface area contributed by atoms with Crippen molar-refractivity contribution in [3.8, 4) is 6.07 Å². The van der Waals surface area contributed by atoms with Crippen molar-refractivity contribution < 1.29 is 23.5 Å². The quantitative estimate of drug-likeness (QED) is 0.333. The van der Waals surface area contributed by atoms with Crippen LogP contribution in [0.25, 0.3) is 16.7 Å². The molecule has 9 nitrogen and oxygen atoms in total. The molecule has 2 N–H and O–H groups in total. The molecule has 192 valence electrons. The van der Waals surface area contributed by atoms with E-state index < -0.39 is 17.3 Å². The summed E-state index contributed by atoms with van der Waals surface area (Å²) in [7, 11) is 0.